The van der Waals surface area contributed by atoms with Crippen molar-refractivity contribution in [2.24, 2.45) is 0 Å². The average molecular weight is 357 g/mol. The van der Waals surface area contributed by atoms with Gasteiger partial charge in [-0.25, -0.2) is 19.2 Å². The van der Waals surface area contributed by atoms with Gasteiger partial charge in [0.05, 0.1) is 24.0 Å². The van der Waals surface area contributed by atoms with E-state index in [1.807, 2.05) is 0 Å². The van der Waals surface area contributed by atoms with Gasteiger partial charge in [-0.05, 0) is 18.2 Å². The summed E-state index contributed by atoms with van der Waals surface area (Å²) in [7, 11) is 0. The Labute approximate surface area is 145 Å². The number of aromatic carboxylic acids is 1. The SMILES string of the molecule is Nc1nc(N)c2nc(CN(C=O)c3ccc(C(=O)O)c(F)c3)cnc2n1. The summed E-state index contributed by atoms with van der Waals surface area (Å²) in [6, 6.07) is 3.34. The molecule has 10 nitrogen and oxygen atoms in total. The van der Waals surface area contributed by atoms with E-state index in [4.69, 9.17) is 16.6 Å². The lowest BCUT2D eigenvalue weighted by molar-refractivity contribution is -0.107. The van der Waals surface area contributed by atoms with E-state index in [1.165, 1.54) is 12.3 Å². The molecule has 1 aromatic carbocycles. The highest BCUT2D eigenvalue weighted by Crippen LogP contribution is 2.20. The predicted molar refractivity (Wildman–Crippen MR) is 89.6 cm³/mol. The number of hydrogen-bond donors (Lipinski definition) is 3. The molecule has 3 aromatic rings. The number of rotatable bonds is 5. The van der Waals surface area contributed by atoms with Crippen LogP contribution in [0.3, 0.4) is 0 Å². The number of halogens is 1. The molecule has 0 bridgehead atoms. The number of nitrogen functional groups attached to an aromatic ring is 2. The van der Waals surface area contributed by atoms with E-state index in [1.54, 1.807) is 0 Å². The number of aromatic nitrogens is 4. The van der Waals surface area contributed by atoms with Crippen LogP contribution in [0.4, 0.5) is 21.8 Å². The second-order valence-electron chi connectivity index (χ2n) is 5.20. The molecular weight excluding hydrogens is 345 g/mol. The van der Waals surface area contributed by atoms with E-state index in [-0.39, 0.29) is 35.2 Å². The molecule has 0 aliphatic carbocycles. The molecule has 2 heterocycles. The van der Waals surface area contributed by atoms with E-state index in [0.717, 1.165) is 17.0 Å². The van der Waals surface area contributed by atoms with Crippen molar-refractivity contribution in [2.75, 3.05) is 16.4 Å². The molecule has 5 N–H and O–H groups in total. The van der Waals surface area contributed by atoms with Crippen LogP contribution in [0.15, 0.2) is 24.4 Å². The topological polar surface area (TPSA) is 161 Å². The summed E-state index contributed by atoms with van der Waals surface area (Å²) in [5, 5.41) is 8.86. The fourth-order valence-electron chi connectivity index (χ4n) is 2.28. The van der Waals surface area contributed by atoms with Gasteiger partial charge in [0.1, 0.15) is 5.82 Å². The zero-order valence-corrected chi connectivity index (χ0v) is 13.1. The van der Waals surface area contributed by atoms with Crippen LogP contribution in [-0.2, 0) is 11.3 Å². The van der Waals surface area contributed by atoms with E-state index < -0.39 is 17.3 Å². The van der Waals surface area contributed by atoms with Crippen molar-refractivity contribution in [3.8, 4) is 0 Å². The number of hydrogen-bond acceptors (Lipinski definition) is 8. The first-order valence-electron chi connectivity index (χ1n) is 7.18. The number of anilines is 3. The fraction of sp³-hybridized carbons (Fsp3) is 0.0667. The summed E-state index contributed by atoms with van der Waals surface area (Å²) >= 11 is 0. The number of benzene rings is 1. The minimum Gasteiger partial charge on any atom is -0.478 e. The van der Waals surface area contributed by atoms with E-state index >= 15 is 0 Å². The molecule has 0 spiro atoms. The zero-order valence-electron chi connectivity index (χ0n) is 13.1. The van der Waals surface area contributed by atoms with Crippen molar-refractivity contribution in [1.29, 1.82) is 0 Å². The Morgan fingerprint density at radius 3 is 2.69 bits per heavy atom. The van der Waals surface area contributed by atoms with Gasteiger partial charge >= 0.3 is 5.97 Å². The van der Waals surface area contributed by atoms with Crippen LogP contribution < -0.4 is 16.4 Å². The number of fused-ring (bicyclic) bond motifs is 1. The Bertz CT molecular complexity index is 1030. The number of carboxylic acid groups (broad SMARTS) is 1. The first kappa shape index (κ1) is 17.0. The lowest BCUT2D eigenvalue weighted by Gasteiger charge is -2.17. The maximum Gasteiger partial charge on any atom is 0.338 e. The van der Waals surface area contributed by atoms with Gasteiger partial charge in [-0.3, -0.25) is 4.79 Å². The Kier molecular flexibility index (Phi) is 4.27. The molecule has 0 radical (unpaired) electrons. The van der Waals surface area contributed by atoms with Crippen LogP contribution in [0.5, 0.6) is 0 Å². The Balaban J connectivity index is 1.93. The molecule has 0 aliphatic rings. The van der Waals surface area contributed by atoms with Crippen molar-refractivity contribution < 1.29 is 19.1 Å². The summed E-state index contributed by atoms with van der Waals surface area (Å²) in [4.78, 5) is 39.4. The monoisotopic (exact) mass is 357 g/mol. The largest absolute Gasteiger partial charge is 0.478 e. The second-order valence-corrected chi connectivity index (χ2v) is 5.20. The van der Waals surface area contributed by atoms with Crippen LogP contribution in [0.2, 0.25) is 0 Å². The van der Waals surface area contributed by atoms with Gasteiger partial charge in [-0.2, -0.15) is 9.97 Å². The number of nitrogens with zero attached hydrogens (tertiary/aromatic N) is 5. The summed E-state index contributed by atoms with van der Waals surface area (Å²) in [6.07, 6.45) is 1.83. The minimum absolute atomic E-state index is 0.0383. The highest BCUT2D eigenvalue weighted by molar-refractivity contribution is 5.89. The van der Waals surface area contributed by atoms with Crippen molar-refractivity contribution >= 4 is 41.0 Å². The Morgan fingerprint density at radius 2 is 2.04 bits per heavy atom. The zero-order chi connectivity index (χ0) is 18.8. The molecule has 0 atom stereocenters. The summed E-state index contributed by atoms with van der Waals surface area (Å²) in [5.41, 5.74) is 11.7. The first-order valence-corrected chi connectivity index (χ1v) is 7.18. The Morgan fingerprint density at radius 1 is 1.27 bits per heavy atom. The Hall–Kier alpha value is -3.89. The quantitative estimate of drug-likeness (QED) is 0.555. The third-order valence-electron chi connectivity index (χ3n) is 3.48. The number of nitrogens with two attached hydrogens (primary N) is 2. The molecule has 0 aliphatic heterocycles. The van der Waals surface area contributed by atoms with Crippen molar-refractivity contribution in [1.82, 2.24) is 19.9 Å². The fourth-order valence-corrected chi connectivity index (χ4v) is 2.28. The lowest BCUT2D eigenvalue weighted by atomic mass is 10.2. The second kappa shape index (κ2) is 6.55. The minimum atomic E-state index is -1.40. The van der Waals surface area contributed by atoms with Gasteiger partial charge in [0.25, 0.3) is 0 Å². The summed E-state index contributed by atoms with van der Waals surface area (Å²) < 4.78 is 13.8. The normalized spacial score (nSPS) is 10.7. The van der Waals surface area contributed by atoms with Crippen LogP contribution in [0.1, 0.15) is 16.1 Å². The molecule has 0 saturated carbocycles. The maximum atomic E-state index is 13.8. The highest BCUT2D eigenvalue weighted by atomic mass is 19.1. The van der Waals surface area contributed by atoms with Crippen molar-refractivity contribution in [2.45, 2.75) is 6.54 Å². The number of carboxylic acids is 1. The lowest BCUT2D eigenvalue weighted by Crippen LogP contribution is -2.22. The summed E-state index contributed by atoms with van der Waals surface area (Å²) in [6.45, 7) is -0.0535. The summed E-state index contributed by atoms with van der Waals surface area (Å²) in [5.74, 6) is -2.36. The van der Waals surface area contributed by atoms with Crippen molar-refractivity contribution in [3.63, 3.8) is 0 Å². The molecule has 1 amide bonds. The van der Waals surface area contributed by atoms with Gasteiger partial charge in [-0.1, -0.05) is 0 Å². The molecule has 0 unspecified atom stereocenters. The molecule has 3 rings (SSSR count). The van der Waals surface area contributed by atoms with Gasteiger partial charge in [0.2, 0.25) is 12.4 Å². The van der Waals surface area contributed by atoms with Gasteiger partial charge < -0.3 is 21.5 Å². The van der Waals surface area contributed by atoms with Crippen LogP contribution in [0.25, 0.3) is 11.2 Å². The molecular formula is C15H12FN7O3. The third kappa shape index (κ3) is 3.17. The highest BCUT2D eigenvalue weighted by Gasteiger charge is 2.15. The predicted octanol–water partition coefficient (Wildman–Crippen LogP) is 0.584. The van der Waals surface area contributed by atoms with Crippen LogP contribution in [-0.4, -0.2) is 37.4 Å². The van der Waals surface area contributed by atoms with Gasteiger partial charge in [0.15, 0.2) is 17.0 Å². The first-order chi connectivity index (χ1) is 12.4. The van der Waals surface area contributed by atoms with Crippen molar-refractivity contribution in [3.05, 3.63) is 41.5 Å². The van der Waals surface area contributed by atoms with E-state index in [9.17, 15) is 14.0 Å². The molecule has 0 fully saturated rings. The van der Waals surface area contributed by atoms with Crippen LogP contribution in [0, 0.1) is 5.82 Å². The van der Waals surface area contributed by atoms with Crippen LogP contribution >= 0.6 is 0 Å². The molecule has 2 aromatic heterocycles. The molecule has 26 heavy (non-hydrogen) atoms. The molecule has 132 valence electrons. The average Bonchev–Trinajstić information content (AvgIpc) is 2.59. The number of carbonyl (C=O) groups is 2. The molecule has 11 heteroatoms. The standard InChI is InChI=1S/C15H12FN7O3/c16-10-3-8(1-2-9(10)14(25)26)23(6-24)5-7-4-19-13-11(20-7)12(17)21-15(18)22-13/h1-4,6H,5H2,(H,25,26)(H4,17,18,19,21,22). The van der Waals surface area contributed by atoms with Gasteiger partial charge in [-0.15, -0.1) is 0 Å². The number of amides is 1. The molecule has 0 saturated heterocycles. The maximum absolute atomic E-state index is 13.8. The van der Waals surface area contributed by atoms with Gasteiger partial charge in [0, 0.05) is 5.69 Å². The van der Waals surface area contributed by atoms with E-state index in [0.29, 0.717) is 12.1 Å². The number of carbonyl (C=O) groups excluding carboxylic acids is 1. The third-order valence-corrected chi connectivity index (χ3v) is 3.48. The van der Waals surface area contributed by atoms with E-state index in [2.05, 4.69) is 19.9 Å². The smallest absolute Gasteiger partial charge is 0.338 e.